The molecule has 3 heteroatoms. The molecule has 76 valence electrons. The molecule has 0 aromatic carbocycles. The minimum atomic E-state index is 0.451. The Morgan fingerprint density at radius 1 is 1.38 bits per heavy atom. The molecule has 1 heterocycles. The molecule has 0 atom stereocenters. The lowest BCUT2D eigenvalue weighted by Gasteiger charge is -2.12. The predicted molar refractivity (Wildman–Crippen MR) is 63.8 cm³/mol. The Kier molecular flexibility index (Phi) is 5.96. The van der Waals surface area contributed by atoms with Crippen molar-refractivity contribution >= 4 is 28.4 Å². The van der Waals surface area contributed by atoms with E-state index in [0.717, 1.165) is 25.0 Å². The summed E-state index contributed by atoms with van der Waals surface area (Å²) in [7, 11) is 0.451. The van der Waals surface area contributed by atoms with Crippen molar-refractivity contribution in [2.24, 2.45) is 0 Å². The molecule has 1 fully saturated rings. The van der Waals surface area contributed by atoms with Crippen molar-refractivity contribution in [2.75, 3.05) is 28.8 Å². The number of ketones is 1. The summed E-state index contributed by atoms with van der Waals surface area (Å²) in [6, 6.07) is 0. The van der Waals surface area contributed by atoms with Gasteiger partial charge in [-0.1, -0.05) is 13.3 Å². The first-order valence-electron chi connectivity index (χ1n) is 5.06. The summed E-state index contributed by atoms with van der Waals surface area (Å²) in [6.45, 7) is 2.15. The van der Waals surface area contributed by atoms with Gasteiger partial charge in [-0.15, -0.1) is 0 Å². The SMILES string of the molecule is CCCCC(=O)C[S+]1CCSCC1. The van der Waals surface area contributed by atoms with Crippen LogP contribution in [0.3, 0.4) is 0 Å². The van der Waals surface area contributed by atoms with Crippen molar-refractivity contribution < 1.29 is 4.79 Å². The van der Waals surface area contributed by atoms with Crippen molar-refractivity contribution in [3.05, 3.63) is 0 Å². The third kappa shape index (κ3) is 4.96. The van der Waals surface area contributed by atoms with Crippen molar-refractivity contribution in [2.45, 2.75) is 26.2 Å². The van der Waals surface area contributed by atoms with Gasteiger partial charge in [0.2, 0.25) is 0 Å². The van der Waals surface area contributed by atoms with Crippen LogP contribution in [0.15, 0.2) is 0 Å². The quantitative estimate of drug-likeness (QED) is 0.659. The van der Waals surface area contributed by atoms with Gasteiger partial charge in [-0.2, -0.15) is 11.8 Å². The first-order chi connectivity index (χ1) is 6.33. The van der Waals surface area contributed by atoms with E-state index in [1.165, 1.54) is 23.0 Å². The average Bonchev–Trinajstić information content (AvgIpc) is 2.16. The topological polar surface area (TPSA) is 17.1 Å². The summed E-state index contributed by atoms with van der Waals surface area (Å²) in [5, 5.41) is 0. The zero-order valence-corrected chi connectivity index (χ0v) is 10.0. The molecule has 0 saturated carbocycles. The highest BCUT2D eigenvalue weighted by molar-refractivity contribution is 8.05. The predicted octanol–water partition coefficient (Wildman–Crippen LogP) is 2.11. The summed E-state index contributed by atoms with van der Waals surface area (Å²) in [4.78, 5) is 11.5. The highest BCUT2D eigenvalue weighted by Gasteiger charge is 2.24. The minimum absolute atomic E-state index is 0.451. The molecule has 1 saturated heterocycles. The largest absolute Gasteiger partial charge is 0.294 e. The van der Waals surface area contributed by atoms with E-state index in [1.807, 2.05) is 11.8 Å². The van der Waals surface area contributed by atoms with Crippen LogP contribution in [0.1, 0.15) is 26.2 Å². The number of hydrogen-bond acceptors (Lipinski definition) is 2. The Morgan fingerprint density at radius 2 is 2.08 bits per heavy atom. The van der Waals surface area contributed by atoms with Crippen LogP contribution >= 0.6 is 11.8 Å². The molecular formula is C10H19OS2+. The number of unbranched alkanes of at least 4 members (excludes halogenated alkanes) is 1. The van der Waals surface area contributed by atoms with E-state index in [-0.39, 0.29) is 0 Å². The van der Waals surface area contributed by atoms with Gasteiger partial charge in [0.05, 0.1) is 0 Å². The van der Waals surface area contributed by atoms with Crippen LogP contribution in [0.2, 0.25) is 0 Å². The van der Waals surface area contributed by atoms with E-state index in [4.69, 9.17) is 0 Å². The van der Waals surface area contributed by atoms with Crippen LogP contribution in [0.25, 0.3) is 0 Å². The van der Waals surface area contributed by atoms with E-state index in [2.05, 4.69) is 6.92 Å². The molecule has 0 N–H and O–H groups in total. The van der Waals surface area contributed by atoms with Crippen LogP contribution in [0.4, 0.5) is 0 Å². The Bertz CT molecular complexity index is 153. The van der Waals surface area contributed by atoms with Gasteiger partial charge in [0.1, 0.15) is 11.5 Å². The molecule has 0 aromatic rings. The number of hydrogen-bond donors (Lipinski definition) is 0. The van der Waals surface area contributed by atoms with E-state index < -0.39 is 0 Å². The van der Waals surface area contributed by atoms with Gasteiger partial charge in [-0.05, 0) is 17.3 Å². The third-order valence-electron chi connectivity index (χ3n) is 2.21. The zero-order valence-electron chi connectivity index (χ0n) is 8.38. The van der Waals surface area contributed by atoms with E-state index in [1.54, 1.807) is 0 Å². The molecule has 1 nitrogen and oxygen atoms in total. The Hall–Kier alpha value is 0.370. The van der Waals surface area contributed by atoms with Gasteiger partial charge in [0.15, 0.2) is 11.5 Å². The lowest BCUT2D eigenvalue weighted by atomic mass is 10.2. The second-order valence-corrected chi connectivity index (χ2v) is 6.97. The first kappa shape index (κ1) is 11.4. The normalized spacial score (nSPS) is 18.8. The Morgan fingerprint density at radius 3 is 2.69 bits per heavy atom. The number of carbonyl (C=O) groups excluding carboxylic acids is 1. The van der Waals surface area contributed by atoms with Crippen molar-refractivity contribution in [1.29, 1.82) is 0 Å². The molecule has 1 rings (SSSR count). The average molecular weight is 219 g/mol. The first-order valence-corrected chi connectivity index (χ1v) is 7.95. The van der Waals surface area contributed by atoms with Gasteiger partial charge in [-0.25, -0.2) is 0 Å². The van der Waals surface area contributed by atoms with Crippen LogP contribution in [0.5, 0.6) is 0 Å². The summed E-state index contributed by atoms with van der Waals surface area (Å²) in [6.07, 6.45) is 3.06. The summed E-state index contributed by atoms with van der Waals surface area (Å²) < 4.78 is 0. The lowest BCUT2D eigenvalue weighted by Crippen LogP contribution is -2.27. The van der Waals surface area contributed by atoms with Crippen molar-refractivity contribution in [1.82, 2.24) is 0 Å². The maximum atomic E-state index is 11.5. The third-order valence-corrected chi connectivity index (χ3v) is 6.00. The summed E-state index contributed by atoms with van der Waals surface area (Å²) in [5.41, 5.74) is 0. The molecule has 13 heavy (non-hydrogen) atoms. The monoisotopic (exact) mass is 219 g/mol. The van der Waals surface area contributed by atoms with Gasteiger partial charge in [0, 0.05) is 17.9 Å². The standard InChI is InChI=1S/C10H19OS2/c1-2-3-4-10(11)9-13-7-5-12-6-8-13/h2-9H2,1H3/q+1. The van der Waals surface area contributed by atoms with E-state index in [0.29, 0.717) is 16.7 Å². The molecule has 0 bridgehead atoms. The molecule has 0 unspecified atom stereocenters. The second-order valence-electron chi connectivity index (χ2n) is 3.42. The molecular weight excluding hydrogens is 200 g/mol. The van der Waals surface area contributed by atoms with E-state index >= 15 is 0 Å². The maximum Gasteiger partial charge on any atom is 0.181 e. The number of rotatable bonds is 5. The summed E-state index contributed by atoms with van der Waals surface area (Å²) >= 11 is 2.04. The fourth-order valence-electron chi connectivity index (χ4n) is 1.38. The molecule has 0 spiro atoms. The zero-order chi connectivity index (χ0) is 9.52. The van der Waals surface area contributed by atoms with Crippen molar-refractivity contribution in [3.8, 4) is 0 Å². The van der Waals surface area contributed by atoms with Gasteiger partial charge in [-0.3, -0.25) is 4.79 Å². The van der Waals surface area contributed by atoms with Crippen LogP contribution in [-0.2, 0) is 15.7 Å². The highest BCUT2D eigenvalue weighted by Crippen LogP contribution is 2.14. The minimum Gasteiger partial charge on any atom is -0.294 e. The highest BCUT2D eigenvalue weighted by atomic mass is 32.2. The summed E-state index contributed by atoms with van der Waals surface area (Å²) in [5.74, 6) is 6.55. The van der Waals surface area contributed by atoms with Gasteiger partial charge >= 0.3 is 0 Å². The molecule has 1 aliphatic rings. The molecule has 0 radical (unpaired) electrons. The fraction of sp³-hybridized carbons (Fsp3) is 0.900. The fourth-order valence-corrected chi connectivity index (χ4v) is 5.50. The van der Waals surface area contributed by atoms with E-state index in [9.17, 15) is 4.79 Å². The van der Waals surface area contributed by atoms with Crippen LogP contribution < -0.4 is 0 Å². The van der Waals surface area contributed by atoms with Crippen LogP contribution in [0, 0.1) is 0 Å². The molecule has 1 aliphatic heterocycles. The smallest absolute Gasteiger partial charge is 0.181 e. The van der Waals surface area contributed by atoms with Gasteiger partial charge < -0.3 is 0 Å². The molecule has 0 amide bonds. The molecule has 0 aromatic heterocycles. The maximum absolute atomic E-state index is 11.5. The van der Waals surface area contributed by atoms with Crippen molar-refractivity contribution in [3.63, 3.8) is 0 Å². The second kappa shape index (κ2) is 6.77. The Labute approximate surface area is 88.4 Å². The number of Topliss-reactive ketones (excluding diaryl/α,β-unsaturated/α-hetero) is 1. The van der Waals surface area contributed by atoms with Gasteiger partial charge in [0.25, 0.3) is 0 Å². The Balaban J connectivity index is 2.11. The van der Waals surface area contributed by atoms with Crippen LogP contribution in [-0.4, -0.2) is 34.5 Å². The lowest BCUT2D eigenvalue weighted by molar-refractivity contribution is -0.116. The number of carbonyl (C=O) groups is 1. The molecule has 0 aliphatic carbocycles. The number of thioether (sulfide) groups is 1.